The average Bonchev–Trinajstić information content (AvgIpc) is 2.47. The molecular weight excluding hydrogens is 184 g/mol. The summed E-state index contributed by atoms with van der Waals surface area (Å²) in [5, 5.41) is 0. The Kier molecular flexibility index (Phi) is 2.79. The number of nitrogens with zero attached hydrogens (tertiary/aromatic N) is 1. The zero-order valence-electron chi connectivity index (χ0n) is 7.74. The molecule has 13 heavy (non-hydrogen) atoms. The van der Waals surface area contributed by atoms with Crippen molar-refractivity contribution in [1.29, 1.82) is 0 Å². The first-order chi connectivity index (χ1) is 6.27. The molecule has 4 heteroatoms. The van der Waals surface area contributed by atoms with Gasteiger partial charge in [0.05, 0.1) is 0 Å². The van der Waals surface area contributed by atoms with Crippen molar-refractivity contribution in [2.75, 3.05) is 18.1 Å². The third-order valence-corrected chi connectivity index (χ3v) is 3.96. The van der Waals surface area contributed by atoms with Crippen molar-refractivity contribution in [1.82, 2.24) is 4.90 Å². The van der Waals surface area contributed by atoms with Gasteiger partial charge in [-0.2, -0.15) is 11.8 Å². The Morgan fingerprint density at radius 3 is 2.92 bits per heavy atom. The van der Waals surface area contributed by atoms with E-state index in [0.29, 0.717) is 12.5 Å². The summed E-state index contributed by atoms with van der Waals surface area (Å²) in [5.74, 6) is 2.63. The molecule has 2 aliphatic heterocycles. The molecule has 2 saturated heterocycles. The Bertz CT molecular complexity index is 204. The van der Waals surface area contributed by atoms with Gasteiger partial charge in [0.25, 0.3) is 0 Å². The number of rotatable bonds is 1. The number of likely N-dealkylation sites (tertiary alicyclic amines) is 1. The van der Waals surface area contributed by atoms with E-state index in [2.05, 4.69) is 0 Å². The molecule has 2 N–H and O–H groups in total. The van der Waals surface area contributed by atoms with E-state index < -0.39 is 0 Å². The second kappa shape index (κ2) is 3.88. The van der Waals surface area contributed by atoms with Gasteiger partial charge >= 0.3 is 0 Å². The summed E-state index contributed by atoms with van der Waals surface area (Å²) < 4.78 is 0. The lowest BCUT2D eigenvalue weighted by Crippen LogP contribution is -2.40. The first-order valence-corrected chi connectivity index (χ1v) is 6.05. The second-order valence-corrected chi connectivity index (χ2v) is 5.03. The second-order valence-electron chi connectivity index (χ2n) is 3.88. The highest BCUT2D eigenvalue weighted by atomic mass is 32.2. The minimum absolute atomic E-state index is 0.0828. The Hall–Kier alpha value is -0.220. The minimum Gasteiger partial charge on any atom is -0.337 e. The third kappa shape index (κ3) is 1.99. The smallest absolute Gasteiger partial charge is 0.224 e. The highest BCUT2D eigenvalue weighted by Crippen LogP contribution is 2.24. The van der Waals surface area contributed by atoms with Crippen LogP contribution in [0, 0.1) is 0 Å². The molecule has 0 saturated carbocycles. The van der Waals surface area contributed by atoms with E-state index in [-0.39, 0.29) is 11.9 Å². The Morgan fingerprint density at radius 2 is 2.38 bits per heavy atom. The highest BCUT2D eigenvalue weighted by Gasteiger charge is 2.32. The topological polar surface area (TPSA) is 46.3 Å². The zero-order valence-corrected chi connectivity index (χ0v) is 8.55. The molecule has 2 rings (SSSR count). The van der Waals surface area contributed by atoms with E-state index >= 15 is 0 Å². The molecule has 2 atom stereocenters. The molecule has 0 aromatic rings. The summed E-state index contributed by atoms with van der Waals surface area (Å²) in [6, 6.07) is 0.555. The van der Waals surface area contributed by atoms with Crippen LogP contribution in [-0.4, -0.2) is 40.9 Å². The minimum atomic E-state index is 0.0828. The SMILES string of the molecule is NC1CC(=O)N(C2CCCSC2)C1. The van der Waals surface area contributed by atoms with Crippen molar-refractivity contribution in [3.05, 3.63) is 0 Å². The van der Waals surface area contributed by atoms with Crippen LogP contribution >= 0.6 is 11.8 Å². The summed E-state index contributed by atoms with van der Waals surface area (Å²) in [6.45, 7) is 0.782. The van der Waals surface area contributed by atoms with Crippen LogP contribution in [0.25, 0.3) is 0 Å². The van der Waals surface area contributed by atoms with Gasteiger partial charge in [-0.15, -0.1) is 0 Å². The van der Waals surface area contributed by atoms with E-state index in [0.717, 1.165) is 12.3 Å². The lowest BCUT2D eigenvalue weighted by Gasteiger charge is -2.30. The predicted octanol–water partition coefficient (Wildman–Crippen LogP) is 0.442. The Labute approximate surface area is 83.0 Å². The first kappa shape index (κ1) is 9.34. The van der Waals surface area contributed by atoms with Crippen LogP contribution in [0.3, 0.4) is 0 Å². The molecule has 1 amide bonds. The monoisotopic (exact) mass is 200 g/mol. The molecule has 2 heterocycles. The van der Waals surface area contributed by atoms with E-state index in [1.807, 2.05) is 16.7 Å². The van der Waals surface area contributed by atoms with Gasteiger partial charge in [-0.25, -0.2) is 0 Å². The largest absolute Gasteiger partial charge is 0.337 e. The van der Waals surface area contributed by atoms with Crippen LogP contribution in [0.1, 0.15) is 19.3 Å². The van der Waals surface area contributed by atoms with Crippen LogP contribution in [0.5, 0.6) is 0 Å². The number of hydrogen-bond acceptors (Lipinski definition) is 3. The van der Waals surface area contributed by atoms with E-state index in [1.54, 1.807) is 0 Å². The maximum atomic E-state index is 11.5. The van der Waals surface area contributed by atoms with Crippen LogP contribution in [0.15, 0.2) is 0 Å². The molecule has 2 aliphatic rings. The van der Waals surface area contributed by atoms with E-state index in [9.17, 15) is 4.79 Å². The molecule has 3 nitrogen and oxygen atoms in total. The summed E-state index contributed by atoms with van der Waals surface area (Å²) in [4.78, 5) is 13.5. The molecule has 0 aromatic carbocycles. The molecule has 2 fully saturated rings. The van der Waals surface area contributed by atoms with Gasteiger partial charge in [-0.1, -0.05) is 0 Å². The van der Waals surface area contributed by atoms with Crippen LogP contribution in [0.4, 0.5) is 0 Å². The number of hydrogen-bond donors (Lipinski definition) is 1. The van der Waals surface area contributed by atoms with Crippen molar-refractivity contribution in [2.45, 2.75) is 31.3 Å². The maximum Gasteiger partial charge on any atom is 0.224 e. The van der Waals surface area contributed by atoms with Crippen molar-refractivity contribution >= 4 is 17.7 Å². The quantitative estimate of drug-likeness (QED) is 0.668. The van der Waals surface area contributed by atoms with Gasteiger partial charge in [-0.05, 0) is 18.6 Å². The maximum absolute atomic E-state index is 11.5. The van der Waals surface area contributed by atoms with Crippen molar-refractivity contribution in [2.24, 2.45) is 5.73 Å². The van der Waals surface area contributed by atoms with Crippen molar-refractivity contribution < 1.29 is 4.79 Å². The van der Waals surface area contributed by atoms with Gasteiger partial charge in [0.2, 0.25) is 5.91 Å². The third-order valence-electron chi connectivity index (χ3n) is 2.77. The standard InChI is InChI=1S/C9H16N2OS/c10-7-4-9(12)11(5-7)8-2-1-3-13-6-8/h7-8H,1-6,10H2. The van der Waals surface area contributed by atoms with E-state index in [4.69, 9.17) is 5.73 Å². The molecule has 0 aromatic heterocycles. The molecule has 0 bridgehead atoms. The van der Waals surface area contributed by atoms with E-state index in [1.165, 1.54) is 18.6 Å². The highest BCUT2D eigenvalue weighted by molar-refractivity contribution is 7.99. The molecule has 74 valence electrons. The summed E-state index contributed by atoms with van der Waals surface area (Å²) in [7, 11) is 0. The number of nitrogens with two attached hydrogens (primary N) is 1. The van der Waals surface area contributed by atoms with Crippen LogP contribution in [-0.2, 0) is 4.79 Å². The Balaban J connectivity index is 1.95. The molecular formula is C9H16N2OS. The Morgan fingerprint density at radius 1 is 1.54 bits per heavy atom. The lowest BCUT2D eigenvalue weighted by molar-refractivity contribution is -0.129. The molecule has 2 unspecified atom stereocenters. The molecule has 0 radical (unpaired) electrons. The van der Waals surface area contributed by atoms with Crippen molar-refractivity contribution in [3.8, 4) is 0 Å². The van der Waals surface area contributed by atoms with Gasteiger partial charge in [0.15, 0.2) is 0 Å². The molecule has 0 spiro atoms. The summed E-state index contributed by atoms with van der Waals surface area (Å²) >= 11 is 1.96. The van der Waals surface area contributed by atoms with Gasteiger partial charge in [0.1, 0.15) is 0 Å². The normalized spacial score (nSPS) is 35.5. The first-order valence-electron chi connectivity index (χ1n) is 4.90. The zero-order chi connectivity index (χ0) is 9.26. The van der Waals surface area contributed by atoms with Gasteiger partial charge in [-0.3, -0.25) is 4.79 Å². The van der Waals surface area contributed by atoms with Crippen LogP contribution in [0.2, 0.25) is 0 Å². The lowest BCUT2D eigenvalue weighted by atomic mass is 10.1. The average molecular weight is 200 g/mol. The fourth-order valence-corrected chi connectivity index (χ4v) is 3.24. The number of carbonyl (C=O) groups is 1. The van der Waals surface area contributed by atoms with Crippen LogP contribution < -0.4 is 5.73 Å². The summed E-state index contributed by atoms with van der Waals surface area (Å²) in [6.07, 6.45) is 2.97. The fourth-order valence-electron chi connectivity index (χ4n) is 2.08. The van der Waals surface area contributed by atoms with Gasteiger partial charge < -0.3 is 10.6 Å². The number of amides is 1. The number of carbonyl (C=O) groups excluding carboxylic acids is 1. The molecule has 0 aliphatic carbocycles. The van der Waals surface area contributed by atoms with Crippen molar-refractivity contribution in [3.63, 3.8) is 0 Å². The fraction of sp³-hybridized carbons (Fsp3) is 0.889. The van der Waals surface area contributed by atoms with Gasteiger partial charge in [0, 0.05) is 30.8 Å². The number of thioether (sulfide) groups is 1. The summed E-state index contributed by atoms with van der Waals surface area (Å²) in [5.41, 5.74) is 5.75. The predicted molar refractivity (Wildman–Crippen MR) is 54.7 cm³/mol.